The molecule has 0 unspecified atom stereocenters. The molecule has 1 aliphatic heterocycles. The molecule has 164 valence electrons. The summed E-state index contributed by atoms with van der Waals surface area (Å²) in [7, 11) is 1.25. The van der Waals surface area contributed by atoms with Crippen molar-refractivity contribution in [3.8, 4) is 0 Å². The number of nitrogens with zero attached hydrogens (tertiary/aromatic N) is 1. The van der Waals surface area contributed by atoms with Crippen LogP contribution in [0, 0.1) is 5.92 Å². The van der Waals surface area contributed by atoms with Crippen LogP contribution in [0.25, 0.3) is 0 Å². The molecule has 9 nitrogen and oxygen atoms in total. The highest BCUT2D eigenvalue weighted by Gasteiger charge is 2.43. The van der Waals surface area contributed by atoms with E-state index in [1.54, 1.807) is 27.7 Å². The van der Waals surface area contributed by atoms with Gasteiger partial charge in [-0.15, -0.1) is 0 Å². The third kappa shape index (κ3) is 7.07. The number of likely N-dealkylation sites (tertiary alicyclic amines) is 1. The Bertz CT molecular complexity index is 655. The molecular formula is C20H34N4O5. The van der Waals surface area contributed by atoms with E-state index in [0.717, 1.165) is 5.57 Å². The van der Waals surface area contributed by atoms with Gasteiger partial charge >= 0.3 is 12.0 Å². The zero-order valence-electron chi connectivity index (χ0n) is 18.4. The Balaban J connectivity index is 3.11. The number of amides is 4. The van der Waals surface area contributed by atoms with E-state index in [-0.39, 0.29) is 17.9 Å². The van der Waals surface area contributed by atoms with Gasteiger partial charge in [0.05, 0.1) is 13.2 Å². The molecule has 9 heteroatoms. The van der Waals surface area contributed by atoms with Crippen molar-refractivity contribution in [2.75, 3.05) is 13.7 Å². The number of hydrogen-bond acceptors (Lipinski definition) is 5. The number of ether oxygens (including phenoxy) is 1. The molecule has 29 heavy (non-hydrogen) atoms. The second-order valence-electron chi connectivity index (χ2n) is 8.12. The van der Waals surface area contributed by atoms with Crippen molar-refractivity contribution in [3.05, 3.63) is 11.6 Å². The summed E-state index contributed by atoms with van der Waals surface area (Å²) in [5.41, 5.74) is 0.803. The number of esters is 1. The number of allylic oxidation sites excluding steroid dienone is 1. The summed E-state index contributed by atoms with van der Waals surface area (Å²) in [6.07, 6.45) is 1.88. The molecule has 1 aliphatic rings. The SMILES string of the molecule is COC(=O)[C@H](NC(=O)[C@@H]1[C@@H](NC(=O)NC(C)C)CCN1C(=O)C=C(C)C)C(C)C. The van der Waals surface area contributed by atoms with Gasteiger partial charge in [-0.1, -0.05) is 19.4 Å². The van der Waals surface area contributed by atoms with Crippen LogP contribution in [0.2, 0.25) is 0 Å². The van der Waals surface area contributed by atoms with Gasteiger partial charge in [0.15, 0.2) is 0 Å². The Morgan fingerprint density at radius 1 is 1.07 bits per heavy atom. The standard InChI is InChI=1S/C20H34N4O5/c1-11(2)10-15(25)24-9-8-14(22-20(28)21-13(5)6)17(24)18(26)23-16(12(3)4)19(27)29-7/h10,12-14,16-17H,8-9H2,1-7H3,(H,23,26)(H2,21,22,28)/t14-,16+,17-/m0/s1. The second kappa shape index (κ2) is 10.8. The molecule has 1 heterocycles. The molecule has 0 aromatic rings. The molecule has 0 aliphatic carbocycles. The molecule has 3 N–H and O–H groups in total. The molecule has 0 aromatic heterocycles. The summed E-state index contributed by atoms with van der Waals surface area (Å²) < 4.78 is 4.78. The number of nitrogens with one attached hydrogen (secondary N) is 3. The van der Waals surface area contributed by atoms with Crippen LogP contribution in [-0.2, 0) is 19.1 Å². The second-order valence-corrected chi connectivity index (χ2v) is 8.12. The first kappa shape index (κ1) is 24.5. The summed E-state index contributed by atoms with van der Waals surface area (Å²) in [6, 6.07) is -2.83. The van der Waals surface area contributed by atoms with Crippen molar-refractivity contribution in [2.24, 2.45) is 5.92 Å². The van der Waals surface area contributed by atoms with Crippen LogP contribution in [0.1, 0.15) is 48.0 Å². The van der Waals surface area contributed by atoms with Crippen LogP contribution in [0.3, 0.4) is 0 Å². The molecule has 0 aromatic carbocycles. The summed E-state index contributed by atoms with van der Waals surface area (Å²) in [6.45, 7) is 11.1. The smallest absolute Gasteiger partial charge is 0.328 e. The molecule has 0 bridgehead atoms. The number of rotatable bonds is 7. The lowest BCUT2D eigenvalue weighted by Gasteiger charge is -2.29. The van der Waals surface area contributed by atoms with E-state index in [4.69, 9.17) is 4.74 Å². The van der Waals surface area contributed by atoms with Crippen LogP contribution in [0.4, 0.5) is 4.79 Å². The van der Waals surface area contributed by atoms with Crippen LogP contribution < -0.4 is 16.0 Å². The normalized spacial score (nSPS) is 19.6. The van der Waals surface area contributed by atoms with Gasteiger partial charge in [0, 0.05) is 18.7 Å². The highest BCUT2D eigenvalue weighted by molar-refractivity contribution is 5.96. The minimum Gasteiger partial charge on any atom is -0.467 e. The van der Waals surface area contributed by atoms with Crippen LogP contribution in [0.5, 0.6) is 0 Å². The molecule has 0 radical (unpaired) electrons. The quantitative estimate of drug-likeness (QED) is 0.427. The fourth-order valence-corrected chi connectivity index (χ4v) is 3.18. The van der Waals surface area contributed by atoms with E-state index in [1.165, 1.54) is 18.1 Å². The lowest BCUT2D eigenvalue weighted by atomic mass is 10.0. The molecule has 4 amide bonds. The molecular weight excluding hydrogens is 376 g/mol. The lowest BCUT2D eigenvalue weighted by Crippen LogP contribution is -2.59. The van der Waals surface area contributed by atoms with E-state index < -0.39 is 36.0 Å². The number of carbonyl (C=O) groups is 4. The average molecular weight is 411 g/mol. The van der Waals surface area contributed by atoms with Crippen LogP contribution >= 0.6 is 0 Å². The first-order valence-corrected chi connectivity index (χ1v) is 9.88. The minimum atomic E-state index is -0.929. The van der Waals surface area contributed by atoms with E-state index in [9.17, 15) is 19.2 Å². The maximum Gasteiger partial charge on any atom is 0.328 e. The Morgan fingerprint density at radius 2 is 1.69 bits per heavy atom. The summed E-state index contributed by atoms with van der Waals surface area (Å²) in [4.78, 5) is 51.4. The zero-order valence-corrected chi connectivity index (χ0v) is 18.4. The predicted octanol–water partition coefficient (Wildman–Crippen LogP) is 0.944. The van der Waals surface area contributed by atoms with E-state index >= 15 is 0 Å². The van der Waals surface area contributed by atoms with Crippen LogP contribution in [0.15, 0.2) is 11.6 Å². The third-order valence-corrected chi connectivity index (χ3v) is 4.52. The Labute approximate surface area is 172 Å². The van der Waals surface area contributed by atoms with Gasteiger partial charge in [0.2, 0.25) is 11.8 Å². The van der Waals surface area contributed by atoms with Gasteiger partial charge in [-0.2, -0.15) is 0 Å². The average Bonchev–Trinajstić information content (AvgIpc) is 3.00. The van der Waals surface area contributed by atoms with Gasteiger partial charge in [0.25, 0.3) is 0 Å². The first-order chi connectivity index (χ1) is 13.5. The minimum absolute atomic E-state index is 0.0725. The topological polar surface area (TPSA) is 117 Å². The van der Waals surface area contributed by atoms with Crippen LogP contribution in [-0.4, -0.2) is 66.5 Å². The maximum absolute atomic E-state index is 13.1. The van der Waals surface area contributed by atoms with Crippen molar-refractivity contribution >= 4 is 23.8 Å². The molecule has 1 fully saturated rings. The highest BCUT2D eigenvalue weighted by Crippen LogP contribution is 2.20. The fraction of sp³-hybridized carbons (Fsp3) is 0.700. The monoisotopic (exact) mass is 410 g/mol. The molecule has 0 spiro atoms. The largest absolute Gasteiger partial charge is 0.467 e. The number of methoxy groups -OCH3 is 1. The fourth-order valence-electron chi connectivity index (χ4n) is 3.18. The summed E-state index contributed by atoms with van der Waals surface area (Å²) >= 11 is 0. The van der Waals surface area contributed by atoms with E-state index in [0.29, 0.717) is 13.0 Å². The van der Waals surface area contributed by atoms with Gasteiger partial charge in [-0.3, -0.25) is 9.59 Å². The lowest BCUT2D eigenvalue weighted by molar-refractivity contribution is -0.147. The predicted molar refractivity (Wildman–Crippen MR) is 109 cm³/mol. The molecule has 1 rings (SSSR count). The molecule has 1 saturated heterocycles. The van der Waals surface area contributed by atoms with Gasteiger partial charge in [-0.05, 0) is 40.0 Å². The number of hydrogen-bond donors (Lipinski definition) is 3. The van der Waals surface area contributed by atoms with E-state index in [2.05, 4.69) is 16.0 Å². The van der Waals surface area contributed by atoms with Crippen molar-refractivity contribution in [1.82, 2.24) is 20.9 Å². The Hall–Kier alpha value is -2.58. The van der Waals surface area contributed by atoms with Crippen molar-refractivity contribution < 1.29 is 23.9 Å². The van der Waals surface area contributed by atoms with Gasteiger partial charge < -0.3 is 25.6 Å². The summed E-state index contributed by atoms with van der Waals surface area (Å²) in [5, 5.41) is 8.20. The molecule has 3 atom stereocenters. The molecule has 0 saturated carbocycles. The van der Waals surface area contributed by atoms with E-state index in [1.807, 2.05) is 13.8 Å². The number of carbonyl (C=O) groups excluding carboxylic acids is 4. The van der Waals surface area contributed by atoms with Crippen molar-refractivity contribution in [3.63, 3.8) is 0 Å². The first-order valence-electron chi connectivity index (χ1n) is 9.88. The van der Waals surface area contributed by atoms with Crippen molar-refractivity contribution in [1.29, 1.82) is 0 Å². The van der Waals surface area contributed by atoms with Gasteiger partial charge in [-0.25, -0.2) is 9.59 Å². The third-order valence-electron chi connectivity index (χ3n) is 4.52. The van der Waals surface area contributed by atoms with Crippen molar-refractivity contribution in [2.45, 2.75) is 72.1 Å². The zero-order chi connectivity index (χ0) is 22.3. The van der Waals surface area contributed by atoms with Gasteiger partial charge in [0.1, 0.15) is 12.1 Å². The highest BCUT2D eigenvalue weighted by atomic mass is 16.5. The summed E-state index contributed by atoms with van der Waals surface area (Å²) in [5.74, 6) is -1.57. The Kier molecular flexibility index (Phi) is 9.13. The Morgan fingerprint density at radius 3 is 2.17 bits per heavy atom. The number of urea groups is 1. The maximum atomic E-state index is 13.1.